The summed E-state index contributed by atoms with van der Waals surface area (Å²) in [5, 5.41) is 18.1. The Bertz CT molecular complexity index is 1090. The van der Waals surface area contributed by atoms with Gasteiger partial charge in [-0.05, 0) is 47.7 Å². The van der Waals surface area contributed by atoms with Crippen molar-refractivity contribution in [2.45, 2.75) is 19.2 Å². The van der Waals surface area contributed by atoms with Crippen LogP contribution in [0.3, 0.4) is 0 Å². The lowest BCUT2D eigenvalue weighted by atomic mass is 10.2. The summed E-state index contributed by atoms with van der Waals surface area (Å²) in [5.74, 6) is -0.358. The number of hydrogen-bond acceptors (Lipinski definition) is 5. The third-order valence-electron chi connectivity index (χ3n) is 4.23. The normalized spacial score (nSPS) is 11.4. The summed E-state index contributed by atoms with van der Waals surface area (Å²) in [5.41, 5.74) is 2.55. The second-order valence-corrected chi connectivity index (χ2v) is 8.45. The van der Waals surface area contributed by atoms with Crippen molar-refractivity contribution in [2.24, 2.45) is 0 Å². The minimum Gasteiger partial charge on any atom is -0.349 e. The summed E-state index contributed by atoms with van der Waals surface area (Å²) < 4.78 is 13.5. The highest BCUT2D eigenvalue weighted by atomic mass is 32.2. The molecular formula is C23H20FN3OS2. The molecule has 0 fully saturated rings. The van der Waals surface area contributed by atoms with Crippen molar-refractivity contribution in [1.82, 2.24) is 5.32 Å². The highest BCUT2D eigenvalue weighted by Gasteiger charge is 2.17. The molecule has 0 aliphatic rings. The van der Waals surface area contributed by atoms with Gasteiger partial charge in [-0.15, -0.1) is 23.1 Å². The van der Waals surface area contributed by atoms with E-state index < -0.39 is 5.91 Å². The molecule has 0 aliphatic heterocycles. The number of halogens is 1. The molecule has 3 aromatic rings. The van der Waals surface area contributed by atoms with Gasteiger partial charge in [0.2, 0.25) is 0 Å². The largest absolute Gasteiger partial charge is 0.349 e. The molecule has 0 aliphatic carbocycles. The minimum absolute atomic E-state index is 0.00351. The minimum atomic E-state index is -0.450. The number of amides is 1. The van der Waals surface area contributed by atoms with E-state index in [-0.39, 0.29) is 11.4 Å². The van der Waals surface area contributed by atoms with Crippen molar-refractivity contribution in [1.29, 1.82) is 5.26 Å². The fourth-order valence-electron chi connectivity index (χ4n) is 2.66. The van der Waals surface area contributed by atoms with E-state index in [1.54, 1.807) is 6.07 Å². The molecule has 4 nitrogen and oxygen atoms in total. The fraction of sp³-hybridized carbons (Fsp3) is 0.130. The molecule has 0 atom stereocenters. The molecule has 30 heavy (non-hydrogen) atoms. The van der Waals surface area contributed by atoms with E-state index in [1.165, 1.54) is 35.2 Å². The average molecular weight is 438 g/mol. The number of nitrogens with zero attached hydrogens (tertiary/aromatic N) is 1. The summed E-state index contributed by atoms with van der Waals surface area (Å²) in [6.07, 6.45) is 0. The van der Waals surface area contributed by atoms with E-state index in [1.807, 2.05) is 60.8 Å². The molecule has 152 valence electrons. The Morgan fingerprint density at radius 1 is 1.17 bits per heavy atom. The number of thiophene rings is 1. The molecular weight excluding hydrogens is 417 g/mol. The Balaban J connectivity index is 1.85. The van der Waals surface area contributed by atoms with Gasteiger partial charge < -0.3 is 10.6 Å². The number of nitrogens with one attached hydrogen (secondary N) is 2. The number of benzene rings is 2. The summed E-state index contributed by atoms with van der Waals surface area (Å²) in [4.78, 5) is 13.8. The van der Waals surface area contributed by atoms with Gasteiger partial charge in [0.25, 0.3) is 5.91 Å². The van der Waals surface area contributed by atoms with Crippen LogP contribution in [0.2, 0.25) is 0 Å². The molecule has 0 unspecified atom stereocenters. The maximum absolute atomic E-state index is 13.5. The van der Waals surface area contributed by atoms with Gasteiger partial charge in [0.1, 0.15) is 17.5 Å². The third-order valence-corrected chi connectivity index (χ3v) is 6.18. The zero-order valence-corrected chi connectivity index (χ0v) is 17.9. The van der Waals surface area contributed by atoms with Gasteiger partial charge in [-0.1, -0.05) is 36.4 Å². The second-order valence-electron chi connectivity index (χ2n) is 6.44. The van der Waals surface area contributed by atoms with Gasteiger partial charge in [-0.2, -0.15) is 5.26 Å². The van der Waals surface area contributed by atoms with Crippen LogP contribution in [0.15, 0.2) is 76.6 Å². The van der Waals surface area contributed by atoms with E-state index in [4.69, 9.17) is 0 Å². The molecule has 1 aromatic heterocycles. The van der Waals surface area contributed by atoms with Crippen molar-refractivity contribution >= 4 is 34.7 Å². The molecule has 0 saturated carbocycles. The topological polar surface area (TPSA) is 64.9 Å². The zero-order valence-electron chi connectivity index (χ0n) is 16.3. The van der Waals surface area contributed by atoms with Gasteiger partial charge in [-0.3, -0.25) is 4.79 Å². The summed E-state index contributed by atoms with van der Waals surface area (Å²) in [7, 11) is 0. The monoisotopic (exact) mass is 437 g/mol. The number of para-hydroxylation sites is 1. The lowest BCUT2D eigenvalue weighted by Crippen LogP contribution is -2.25. The first-order valence-electron chi connectivity index (χ1n) is 9.21. The number of nitriles is 1. The van der Waals surface area contributed by atoms with Crippen molar-refractivity contribution in [3.8, 4) is 6.07 Å². The molecule has 2 N–H and O–H groups in total. The molecule has 1 heterocycles. The Morgan fingerprint density at radius 2 is 2.00 bits per heavy atom. The highest BCUT2D eigenvalue weighted by molar-refractivity contribution is 8.02. The number of carbonyl (C=O) groups excluding carboxylic acids is 1. The molecule has 0 saturated heterocycles. The summed E-state index contributed by atoms with van der Waals surface area (Å²) in [6.45, 7) is 2.30. The first-order valence-corrected chi connectivity index (χ1v) is 11.1. The maximum Gasteiger partial charge on any atom is 0.264 e. The molecule has 2 aromatic carbocycles. The van der Waals surface area contributed by atoms with Crippen LogP contribution in [-0.4, -0.2) is 5.91 Å². The van der Waals surface area contributed by atoms with Crippen molar-refractivity contribution in [2.75, 3.05) is 5.32 Å². The number of carbonyl (C=O) groups is 1. The first kappa shape index (κ1) is 21.6. The average Bonchev–Trinajstić information content (AvgIpc) is 3.26. The Hall–Kier alpha value is -3.08. The number of rotatable bonds is 8. The maximum atomic E-state index is 13.5. The third kappa shape index (κ3) is 5.96. The smallest absolute Gasteiger partial charge is 0.264 e. The predicted molar refractivity (Wildman–Crippen MR) is 121 cm³/mol. The van der Waals surface area contributed by atoms with Gasteiger partial charge in [0.15, 0.2) is 0 Å². The lowest BCUT2D eigenvalue weighted by Gasteiger charge is -2.15. The highest BCUT2D eigenvalue weighted by Crippen LogP contribution is 2.28. The Labute approximate surface area is 183 Å². The zero-order chi connectivity index (χ0) is 21.3. The van der Waals surface area contributed by atoms with Crippen LogP contribution in [0.25, 0.3) is 0 Å². The number of aryl methyl sites for hydroxylation is 1. The van der Waals surface area contributed by atoms with Gasteiger partial charge in [-0.25, -0.2) is 4.39 Å². The van der Waals surface area contributed by atoms with Crippen LogP contribution in [0.5, 0.6) is 0 Å². The lowest BCUT2D eigenvalue weighted by molar-refractivity contribution is -0.117. The van der Waals surface area contributed by atoms with Gasteiger partial charge in [0.05, 0.1) is 11.6 Å². The van der Waals surface area contributed by atoms with Crippen LogP contribution in [0.1, 0.15) is 16.0 Å². The summed E-state index contributed by atoms with van der Waals surface area (Å²) in [6, 6.07) is 19.8. The van der Waals surface area contributed by atoms with E-state index in [2.05, 4.69) is 10.6 Å². The molecule has 0 radical (unpaired) electrons. The van der Waals surface area contributed by atoms with Crippen LogP contribution < -0.4 is 10.6 Å². The summed E-state index contributed by atoms with van der Waals surface area (Å²) >= 11 is 2.83. The fourth-order valence-corrected chi connectivity index (χ4v) is 4.26. The number of hydrogen-bond donors (Lipinski definition) is 2. The quantitative estimate of drug-likeness (QED) is 0.356. The van der Waals surface area contributed by atoms with E-state index in [0.717, 1.165) is 21.7 Å². The Morgan fingerprint density at radius 3 is 2.70 bits per heavy atom. The first-order chi connectivity index (χ1) is 14.6. The van der Waals surface area contributed by atoms with Crippen LogP contribution in [0.4, 0.5) is 10.1 Å². The van der Waals surface area contributed by atoms with E-state index >= 15 is 0 Å². The Kier molecular flexibility index (Phi) is 7.66. The van der Waals surface area contributed by atoms with Crippen molar-refractivity contribution in [3.05, 3.63) is 98.5 Å². The molecule has 3 rings (SSSR count). The molecule has 0 bridgehead atoms. The predicted octanol–water partition coefficient (Wildman–Crippen LogP) is 5.59. The standard InChI is InChI=1S/C23H20FN3OS2/c1-16-6-2-3-10-21(16)27-23(30-15-17-7-4-8-18(24)12-17)20(13-25)22(28)26-14-19-9-5-11-29-19/h2-12,27H,14-15H2,1H3,(H,26,28). The van der Waals surface area contributed by atoms with E-state index in [0.29, 0.717) is 17.3 Å². The SMILES string of the molecule is Cc1ccccc1NC(SCc1cccc(F)c1)=C(C#N)C(=O)NCc1cccs1. The van der Waals surface area contributed by atoms with Crippen LogP contribution >= 0.6 is 23.1 Å². The van der Waals surface area contributed by atoms with Crippen molar-refractivity contribution < 1.29 is 9.18 Å². The number of anilines is 1. The molecule has 7 heteroatoms. The van der Waals surface area contributed by atoms with Crippen LogP contribution in [0, 0.1) is 24.1 Å². The molecule has 0 spiro atoms. The van der Waals surface area contributed by atoms with Crippen LogP contribution in [-0.2, 0) is 17.1 Å². The van der Waals surface area contributed by atoms with Gasteiger partial charge in [0, 0.05) is 16.3 Å². The van der Waals surface area contributed by atoms with Crippen molar-refractivity contribution in [3.63, 3.8) is 0 Å². The number of thioether (sulfide) groups is 1. The second kappa shape index (κ2) is 10.6. The van der Waals surface area contributed by atoms with E-state index in [9.17, 15) is 14.4 Å². The molecule has 1 amide bonds. The van der Waals surface area contributed by atoms with Gasteiger partial charge >= 0.3 is 0 Å².